The van der Waals surface area contributed by atoms with Gasteiger partial charge in [0.05, 0.1) is 4.92 Å². The molecule has 2 aromatic rings. The number of nitrogens with one attached hydrogen (secondary N) is 3. The molecule has 9 heteroatoms. The third kappa shape index (κ3) is 6.82. The van der Waals surface area contributed by atoms with Gasteiger partial charge in [0.1, 0.15) is 0 Å². The van der Waals surface area contributed by atoms with Gasteiger partial charge in [-0.05, 0) is 60.6 Å². The highest BCUT2D eigenvalue weighted by Gasteiger charge is 2.07. The number of carbonyl (C=O) groups excluding carboxylic acids is 2. The number of carbonyl (C=O) groups is 2. The Morgan fingerprint density at radius 2 is 1.83 bits per heavy atom. The summed E-state index contributed by atoms with van der Waals surface area (Å²) in [5, 5.41) is 18.9. The summed E-state index contributed by atoms with van der Waals surface area (Å²) in [6.45, 7) is 3.64. The van der Waals surface area contributed by atoms with Crippen LogP contribution < -0.4 is 16.0 Å². The largest absolute Gasteiger partial charge is 0.332 e. The monoisotopic (exact) mass is 412 g/mol. The number of aryl methyl sites for hydroxylation is 1. The Bertz CT molecular complexity index is 971. The van der Waals surface area contributed by atoms with Crippen LogP contribution in [0.3, 0.4) is 0 Å². The van der Waals surface area contributed by atoms with Gasteiger partial charge < -0.3 is 10.6 Å². The molecule has 0 saturated heterocycles. The number of nitro groups is 1. The van der Waals surface area contributed by atoms with Gasteiger partial charge in [0.25, 0.3) is 5.69 Å². The molecule has 0 unspecified atom stereocenters. The van der Waals surface area contributed by atoms with E-state index in [0.29, 0.717) is 23.4 Å². The normalized spacial score (nSPS) is 10.4. The number of nitrogens with zero attached hydrogens (tertiary/aromatic N) is 1. The smallest absolute Gasteiger partial charge is 0.269 e. The van der Waals surface area contributed by atoms with E-state index in [1.54, 1.807) is 19.1 Å². The number of benzene rings is 2. The van der Waals surface area contributed by atoms with E-state index < -0.39 is 10.8 Å². The standard InChI is InChI=1S/C20H20N4O4S/c1-3-18(25)22-17-12-15(8-4-13(17)2)21-20(29)23-19(26)11-7-14-5-9-16(10-6-14)24(27)28/h4-12H,3H2,1-2H3,(H,22,25)(H2,21,23,26,29)/b11-7+. The van der Waals surface area contributed by atoms with E-state index in [-0.39, 0.29) is 16.7 Å². The summed E-state index contributed by atoms with van der Waals surface area (Å²) in [6.07, 6.45) is 3.16. The van der Waals surface area contributed by atoms with Crippen molar-refractivity contribution >= 4 is 52.3 Å². The molecule has 150 valence electrons. The summed E-state index contributed by atoms with van der Waals surface area (Å²) < 4.78 is 0. The Hall–Kier alpha value is -3.59. The molecular weight excluding hydrogens is 392 g/mol. The second-order valence-corrected chi connectivity index (χ2v) is 6.47. The number of hydrogen-bond donors (Lipinski definition) is 3. The number of non-ortho nitro benzene ring substituents is 1. The zero-order valence-corrected chi connectivity index (χ0v) is 16.7. The first-order valence-corrected chi connectivity index (χ1v) is 9.14. The molecule has 0 atom stereocenters. The van der Waals surface area contributed by atoms with Gasteiger partial charge in [-0.15, -0.1) is 0 Å². The van der Waals surface area contributed by atoms with E-state index in [1.165, 1.54) is 36.4 Å². The number of amides is 2. The minimum Gasteiger partial charge on any atom is -0.332 e. The van der Waals surface area contributed by atoms with Crippen molar-refractivity contribution in [3.63, 3.8) is 0 Å². The average Bonchev–Trinajstić information content (AvgIpc) is 2.69. The maximum absolute atomic E-state index is 12.0. The van der Waals surface area contributed by atoms with Crippen LogP contribution in [-0.2, 0) is 9.59 Å². The van der Waals surface area contributed by atoms with Gasteiger partial charge in [-0.2, -0.15) is 0 Å². The molecule has 0 radical (unpaired) electrons. The Balaban J connectivity index is 1.94. The van der Waals surface area contributed by atoms with Crippen LogP contribution in [0.15, 0.2) is 48.5 Å². The second-order valence-electron chi connectivity index (χ2n) is 6.06. The van der Waals surface area contributed by atoms with Crippen LogP contribution in [0.2, 0.25) is 0 Å². The SMILES string of the molecule is CCC(=O)Nc1cc(NC(=S)NC(=O)/C=C/c2ccc([N+](=O)[O-])cc2)ccc1C. The van der Waals surface area contributed by atoms with Gasteiger partial charge >= 0.3 is 0 Å². The Labute approximate surface area is 173 Å². The first kappa shape index (κ1) is 21.7. The minimum atomic E-state index is -0.492. The van der Waals surface area contributed by atoms with Crippen molar-refractivity contribution < 1.29 is 14.5 Å². The first-order chi connectivity index (χ1) is 13.8. The van der Waals surface area contributed by atoms with Crippen LogP contribution >= 0.6 is 12.2 Å². The maximum Gasteiger partial charge on any atom is 0.269 e. The quantitative estimate of drug-likeness (QED) is 0.288. The van der Waals surface area contributed by atoms with Gasteiger partial charge in [-0.1, -0.05) is 13.0 Å². The highest BCUT2D eigenvalue weighted by atomic mass is 32.1. The lowest BCUT2D eigenvalue weighted by Gasteiger charge is -2.12. The summed E-state index contributed by atoms with van der Waals surface area (Å²) in [5.41, 5.74) is 2.79. The van der Waals surface area contributed by atoms with Crippen molar-refractivity contribution in [2.75, 3.05) is 10.6 Å². The lowest BCUT2D eigenvalue weighted by atomic mass is 10.1. The van der Waals surface area contributed by atoms with Gasteiger partial charge in [0.2, 0.25) is 11.8 Å². The minimum absolute atomic E-state index is 0.0235. The second kappa shape index (κ2) is 10.1. The fraction of sp³-hybridized carbons (Fsp3) is 0.150. The summed E-state index contributed by atoms with van der Waals surface area (Å²) >= 11 is 5.14. The van der Waals surface area contributed by atoms with E-state index in [2.05, 4.69) is 16.0 Å². The first-order valence-electron chi connectivity index (χ1n) is 8.73. The zero-order chi connectivity index (χ0) is 21.4. The molecule has 0 aliphatic carbocycles. The molecule has 8 nitrogen and oxygen atoms in total. The predicted octanol–water partition coefficient (Wildman–Crippen LogP) is 3.78. The Morgan fingerprint density at radius 1 is 1.14 bits per heavy atom. The van der Waals surface area contributed by atoms with Crippen LogP contribution in [-0.4, -0.2) is 21.9 Å². The number of rotatable bonds is 6. The van der Waals surface area contributed by atoms with Gasteiger partial charge in [0.15, 0.2) is 5.11 Å². The molecule has 0 fully saturated rings. The highest BCUT2D eigenvalue weighted by molar-refractivity contribution is 7.80. The summed E-state index contributed by atoms with van der Waals surface area (Å²) in [7, 11) is 0. The Morgan fingerprint density at radius 3 is 2.45 bits per heavy atom. The number of anilines is 2. The van der Waals surface area contributed by atoms with Crippen molar-refractivity contribution in [1.82, 2.24) is 5.32 Å². The molecule has 0 aliphatic heterocycles. The van der Waals surface area contributed by atoms with Crippen LogP contribution in [0.25, 0.3) is 6.08 Å². The van der Waals surface area contributed by atoms with Gasteiger partial charge in [0, 0.05) is 36.0 Å². The maximum atomic E-state index is 12.0. The molecule has 0 aliphatic rings. The lowest BCUT2D eigenvalue weighted by molar-refractivity contribution is -0.384. The van der Waals surface area contributed by atoms with E-state index in [9.17, 15) is 19.7 Å². The van der Waals surface area contributed by atoms with Crippen LogP contribution in [0, 0.1) is 17.0 Å². The van der Waals surface area contributed by atoms with Crippen molar-refractivity contribution in [3.05, 3.63) is 69.8 Å². The molecule has 2 rings (SSSR count). The predicted molar refractivity (Wildman–Crippen MR) is 117 cm³/mol. The fourth-order valence-corrected chi connectivity index (χ4v) is 2.49. The molecular formula is C20H20N4O4S. The third-order valence-electron chi connectivity index (χ3n) is 3.86. The van der Waals surface area contributed by atoms with Gasteiger partial charge in [-0.25, -0.2) is 0 Å². The summed E-state index contributed by atoms with van der Waals surface area (Å²) in [6, 6.07) is 11.1. The van der Waals surface area contributed by atoms with E-state index in [4.69, 9.17) is 12.2 Å². The van der Waals surface area contributed by atoms with Crippen LogP contribution in [0.4, 0.5) is 17.1 Å². The molecule has 0 heterocycles. The number of thiocarbonyl (C=S) groups is 1. The van der Waals surface area contributed by atoms with E-state index in [0.717, 1.165) is 5.56 Å². The summed E-state index contributed by atoms with van der Waals surface area (Å²) in [4.78, 5) is 33.8. The molecule has 0 bridgehead atoms. The molecule has 2 aromatic carbocycles. The van der Waals surface area contributed by atoms with Gasteiger partial charge in [-0.3, -0.25) is 25.0 Å². The van der Waals surface area contributed by atoms with Crippen molar-refractivity contribution in [3.8, 4) is 0 Å². The highest BCUT2D eigenvalue weighted by Crippen LogP contribution is 2.20. The third-order valence-corrected chi connectivity index (χ3v) is 4.06. The fourth-order valence-electron chi connectivity index (χ4n) is 2.27. The van der Waals surface area contributed by atoms with Crippen LogP contribution in [0.5, 0.6) is 0 Å². The van der Waals surface area contributed by atoms with Crippen LogP contribution in [0.1, 0.15) is 24.5 Å². The van der Waals surface area contributed by atoms with E-state index in [1.807, 2.05) is 13.0 Å². The number of nitro benzene ring substituents is 1. The van der Waals surface area contributed by atoms with Crippen molar-refractivity contribution in [2.45, 2.75) is 20.3 Å². The molecule has 2 amide bonds. The summed E-state index contributed by atoms with van der Waals surface area (Å²) in [5.74, 6) is -0.551. The molecule has 0 aromatic heterocycles. The molecule has 0 spiro atoms. The average molecular weight is 412 g/mol. The molecule has 3 N–H and O–H groups in total. The zero-order valence-electron chi connectivity index (χ0n) is 15.9. The Kier molecular flexibility index (Phi) is 7.55. The molecule has 0 saturated carbocycles. The van der Waals surface area contributed by atoms with Crippen molar-refractivity contribution in [1.29, 1.82) is 0 Å². The number of hydrogen-bond acceptors (Lipinski definition) is 5. The van der Waals surface area contributed by atoms with Crippen molar-refractivity contribution in [2.24, 2.45) is 0 Å². The molecule has 29 heavy (non-hydrogen) atoms. The topological polar surface area (TPSA) is 113 Å². The lowest BCUT2D eigenvalue weighted by Crippen LogP contribution is -2.32. The van der Waals surface area contributed by atoms with E-state index >= 15 is 0 Å².